The first kappa shape index (κ1) is 21.8. The second-order valence-corrected chi connectivity index (χ2v) is 9.09. The molecule has 4 N–H and O–H groups in total. The summed E-state index contributed by atoms with van der Waals surface area (Å²) in [6.07, 6.45) is 10.7. The lowest BCUT2D eigenvalue weighted by Crippen LogP contribution is -2.26. The summed E-state index contributed by atoms with van der Waals surface area (Å²) in [4.78, 5) is 18.0. The quantitative estimate of drug-likeness (QED) is 0.359. The topological polar surface area (TPSA) is 75.7 Å². The van der Waals surface area contributed by atoms with E-state index in [1.54, 1.807) is 0 Å². The average molecular weight is 373 g/mol. The van der Waals surface area contributed by atoms with Gasteiger partial charge in [0.1, 0.15) is 0 Å². The van der Waals surface area contributed by atoms with Crippen LogP contribution in [0.4, 0.5) is 0 Å². The number of benzene rings is 1. The van der Waals surface area contributed by atoms with Crippen molar-refractivity contribution in [3.05, 3.63) is 35.4 Å². The number of rotatable bonds is 13. The fourth-order valence-electron chi connectivity index (χ4n) is 2.61. The zero-order valence-electron chi connectivity index (χ0n) is 14.7. The average Bonchev–Trinajstić information content (AvgIpc) is 2.54. The summed E-state index contributed by atoms with van der Waals surface area (Å²) >= 11 is 4.40. The lowest BCUT2D eigenvalue weighted by molar-refractivity contribution is 0.231. The SMILES string of the molecule is CCCCCCCCc1ccc(CC[C@@H](N)COP(O)(O)=S)cc1. The van der Waals surface area contributed by atoms with Gasteiger partial charge in [-0.3, -0.25) is 0 Å². The lowest BCUT2D eigenvalue weighted by Gasteiger charge is -2.14. The maximum Gasteiger partial charge on any atom is 0.321 e. The Bertz CT molecular complexity index is 490. The molecule has 138 valence electrons. The van der Waals surface area contributed by atoms with Crippen LogP contribution in [0.2, 0.25) is 0 Å². The highest BCUT2D eigenvalue weighted by Gasteiger charge is 2.11. The number of nitrogens with two attached hydrogens (primary N) is 1. The van der Waals surface area contributed by atoms with Crippen molar-refractivity contribution in [2.45, 2.75) is 70.8 Å². The molecule has 0 aliphatic rings. The molecule has 24 heavy (non-hydrogen) atoms. The normalized spacial score (nSPS) is 13.2. The van der Waals surface area contributed by atoms with Crippen molar-refractivity contribution >= 4 is 18.5 Å². The molecular formula is C18H32NO3PS. The predicted octanol–water partition coefficient (Wildman–Crippen LogP) is 4.08. The van der Waals surface area contributed by atoms with Crippen LogP contribution in [0.15, 0.2) is 24.3 Å². The second kappa shape index (κ2) is 12.1. The van der Waals surface area contributed by atoms with Gasteiger partial charge in [-0.15, -0.1) is 0 Å². The van der Waals surface area contributed by atoms with E-state index in [4.69, 9.17) is 20.0 Å². The van der Waals surface area contributed by atoms with Crippen LogP contribution in [-0.4, -0.2) is 22.4 Å². The van der Waals surface area contributed by atoms with Gasteiger partial charge < -0.3 is 20.0 Å². The largest absolute Gasteiger partial charge is 0.326 e. The van der Waals surface area contributed by atoms with Crippen molar-refractivity contribution in [3.63, 3.8) is 0 Å². The van der Waals surface area contributed by atoms with Gasteiger partial charge in [-0.1, -0.05) is 63.3 Å². The van der Waals surface area contributed by atoms with Crippen LogP contribution in [0.3, 0.4) is 0 Å². The monoisotopic (exact) mass is 373 g/mol. The van der Waals surface area contributed by atoms with Gasteiger partial charge in [0, 0.05) is 6.04 Å². The third-order valence-corrected chi connectivity index (χ3v) is 4.90. The number of unbranched alkanes of at least 4 members (excludes halogenated alkanes) is 5. The Morgan fingerprint density at radius 1 is 1.00 bits per heavy atom. The molecule has 0 aromatic heterocycles. The van der Waals surface area contributed by atoms with Crippen molar-refractivity contribution in [2.75, 3.05) is 6.61 Å². The van der Waals surface area contributed by atoms with Crippen molar-refractivity contribution in [1.82, 2.24) is 0 Å². The van der Waals surface area contributed by atoms with Gasteiger partial charge in [-0.25, -0.2) is 0 Å². The third kappa shape index (κ3) is 11.3. The van der Waals surface area contributed by atoms with E-state index >= 15 is 0 Å². The molecule has 1 rings (SSSR count). The van der Waals surface area contributed by atoms with Crippen LogP contribution >= 0.6 is 6.72 Å². The molecule has 1 aromatic rings. The van der Waals surface area contributed by atoms with E-state index in [1.165, 1.54) is 49.7 Å². The first-order valence-electron chi connectivity index (χ1n) is 8.94. The van der Waals surface area contributed by atoms with E-state index in [-0.39, 0.29) is 12.6 Å². The Morgan fingerprint density at radius 2 is 1.54 bits per heavy atom. The van der Waals surface area contributed by atoms with Gasteiger partial charge in [0.05, 0.1) is 6.61 Å². The summed E-state index contributed by atoms with van der Waals surface area (Å²) in [5.41, 5.74) is 8.53. The Labute approximate surface area is 151 Å². The Balaban J connectivity index is 2.21. The highest BCUT2D eigenvalue weighted by atomic mass is 32.5. The highest BCUT2D eigenvalue weighted by molar-refractivity contribution is 8.06. The third-order valence-electron chi connectivity index (χ3n) is 4.10. The Kier molecular flexibility index (Phi) is 11.0. The fraction of sp³-hybridized carbons (Fsp3) is 0.667. The predicted molar refractivity (Wildman–Crippen MR) is 104 cm³/mol. The van der Waals surface area contributed by atoms with E-state index < -0.39 is 6.72 Å². The van der Waals surface area contributed by atoms with Crippen molar-refractivity contribution < 1.29 is 14.3 Å². The number of aryl methyl sites for hydroxylation is 2. The summed E-state index contributed by atoms with van der Waals surface area (Å²) in [5.74, 6) is 0. The van der Waals surface area contributed by atoms with Crippen LogP contribution in [0.25, 0.3) is 0 Å². The zero-order chi connectivity index (χ0) is 17.8. The molecule has 0 spiro atoms. The zero-order valence-corrected chi connectivity index (χ0v) is 16.4. The van der Waals surface area contributed by atoms with Gasteiger partial charge in [-0.2, -0.15) is 0 Å². The summed E-state index contributed by atoms with van der Waals surface area (Å²) < 4.78 is 4.79. The Morgan fingerprint density at radius 3 is 2.12 bits per heavy atom. The van der Waals surface area contributed by atoms with Gasteiger partial charge in [0.2, 0.25) is 0 Å². The molecule has 0 unspecified atom stereocenters. The molecule has 0 saturated carbocycles. The molecule has 4 nitrogen and oxygen atoms in total. The second-order valence-electron chi connectivity index (χ2n) is 6.42. The number of hydrogen-bond donors (Lipinski definition) is 3. The lowest BCUT2D eigenvalue weighted by atomic mass is 10.0. The van der Waals surface area contributed by atoms with Gasteiger partial charge in [-0.05, 0) is 48.6 Å². The first-order valence-corrected chi connectivity index (χ1v) is 11.6. The van der Waals surface area contributed by atoms with Crippen LogP contribution < -0.4 is 5.73 Å². The van der Waals surface area contributed by atoms with Crippen LogP contribution in [-0.2, 0) is 29.2 Å². The standard InChI is InChI=1S/C18H32NO3PS/c1-2-3-4-5-6-7-8-16-9-11-17(12-10-16)13-14-18(19)15-22-23(20,21)24/h9-12,18H,2-8,13-15,19H2,1H3,(H2,20,21,24)/t18-/m1/s1. The maximum absolute atomic E-state index is 9.02. The van der Waals surface area contributed by atoms with E-state index in [0.29, 0.717) is 0 Å². The smallest absolute Gasteiger partial charge is 0.321 e. The first-order chi connectivity index (χ1) is 11.4. The molecule has 0 bridgehead atoms. The molecule has 1 aromatic carbocycles. The van der Waals surface area contributed by atoms with Crippen LogP contribution in [0.5, 0.6) is 0 Å². The fourth-order valence-corrected chi connectivity index (χ4v) is 3.18. The molecule has 0 aliphatic heterocycles. The van der Waals surface area contributed by atoms with E-state index in [0.717, 1.165) is 19.3 Å². The van der Waals surface area contributed by atoms with E-state index in [1.807, 2.05) is 0 Å². The Hall–Kier alpha value is -0.290. The minimum atomic E-state index is -3.59. The molecular weight excluding hydrogens is 341 g/mol. The van der Waals surface area contributed by atoms with Crippen LogP contribution in [0, 0.1) is 0 Å². The molecule has 0 radical (unpaired) electrons. The summed E-state index contributed by atoms with van der Waals surface area (Å²) in [6.45, 7) is -1.26. The summed E-state index contributed by atoms with van der Waals surface area (Å²) in [5, 5.41) is 0. The van der Waals surface area contributed by atoms with Crippen LogP contribution in [0.1, 0.15) is 63.0 Å². The van der Waals surface area contributed by atoms with Crippen molar-refractivity contribution in [3.8, 4) is 0 Å². The maximum atomic E-state index is 9.02. The number of hydrogen-bond acceptors (Lipinski definition) is 3. The molecule has 1 atom stereocenters. The van der Waals surface area contributed by atoms with E-state index in [9.17, 15) is 0 Å². The summed E-state index contributed by atoms with van der Waals surface area (Å²) in [6, 6.07) is 8.47. The highest BCUT2D eigenvalue weighted by Crippen LogP contribution is 2.36. The minimum Gasteiger partial charge on any atom is -0.326 e. The molecule has 0 saturated heterocycles. The molecule has 0 aliphatic carbocycles. The molecule has 0 fully saturated rings. The summed E-state index contributed by atoms with van der Waals surface area (Å²) in [7, 11) is 0. The molecule has 0 amide bonds. The molecule has 6 heteroatoms. The van der Waals surface area contributed by atoms with Gasteiger partial charge in [0.25, 0.3) is 0 Å². The van der Waals surface area contributed by atoms with Gasteiger partial charge >= 0.3 is 6.72 Å². The molecule has 0 heterocycles. The minimum absolute atomic E-state index is 0.0837. The van der Waals surface area contributed by atoms with Crippen molar-refractivity contribution in [1.29, 1.82) is 0 Å². The van der Waals surface area contributed by atoms with Gasteiger partial charge in [0.15, 0.2) is 0 Å². The van der Waals surface area contributed by atoms with Crippen molar-refractivity contribution in [2.24, 2.45) is 5.73 Å². The van der Waals surface area contributed by atoms with E-state index in [2.05, 4.69) is 43.0 Å².